The van der Waals surface area contributed by atoms with Crippen molar-refractivity contribution in [3.63, 3.8) is 0 Å². The highest BCUT2D eigenvalue weighted by molar-refractivity contribution is 7.25. The summed E-state index contributed by atoms with van der Waals surface area (Å²) in [7, 11) is 0. The summed E-state index contributed by atoms with van der Waals surface area (Å²) >= 11 is 1.76. The lowest BCUT2D eigenvalue weighted by Gasteiger charge is -2.56. The first-order chi connectivity index (χ1) is 25.3. The smallest absolute Gasteiger partial charge is 0.161 e. The molecule has 3 heteroatoms. The minimum atomic E-state index is -0.683. The van der Waals surface area contributed by atoms with Crippen molar-refractivity contribution in [1.29, 1.82) is 0 Å². The van der Waals surface area contributed by atoms with Gasteiger partial charge in [-0.3, -0.25) is 0 Å². The van der Waals surface area contributed by atoms with Gasteiger partial charge in [0, 0.05) is 21.0 Å². The van der Waals surface area contributed by atoms with Crippen LogP contribution in [0.3, 0.4) is 0 Å². The molecular formula is C48H30N2S. The van der Waals surface area contributed by atoms with E-state index in [-0.39, 0.29) is 0 Å². The van der Waals surface area contributed by atoms with Crippen LogP contribution in [0.15, 0.2) is 182 Å². The third-order valence-corrected chi connectivity index (χ3v) is 12.3. The third kappa shape index (κ3) is 3.71. The Hall–Kier alpha value is -6.16. The highest BCUT2D eigenvalue weighted by Gasteiger charge is 2.61. The van der Waals surface area contributed by atoms with E-state index < -0.39 is 10.8 Å². The van der Waals surface area contributed by atoms with Gasteiger partial charge in [-0.1, -0.05) is 170 Å². The summed E-state index contributed by atoms with van der Waals surface area (Å²) in [5, 5.41) is 2.33. The Morgan fingerprint density at radius 2 is 0.882 bits per heavy atom. The van der Waals surface area contributed by atoms with Gasteiger partial charge >= 0.3 is 0 Å². The van der Waals surface area contributed by atoms with Gasteiger partial charge in [-0.25, -0.2) is 9.97 Å². The van der Waals surface area contributed by atoms with E-state index in [2.05, 4.69) is 182 Å². The zero-order chi connectivity index (χ0) is 33.6. The normalized spacial score (nSPS) is 18.4. The van der Waals surface area contributed by atoms with Crippen LogP contribution >= 0.6 is 11.3 Å². The molecule has 2 heterocycles. The predicted molar refractivity (Wildman–Crippen MR) is 210 cm³/mol. The molecule has 0 N–H and O–H groups in total. The molecule has 0 saturated heterocycles. The first-order valence-electron chi connectivity index (χ1n) is 17.5. The van der Waals surface area contributed by atoms with Crippen molar-refractivity contribution in [2.45, 2.75) is 10.8 Å². The second-order valence-corrected chi connectivity index (χ2v) is 14.7. The first-order valence-corrected chi connectivity index (χ1v) is 18.3. The van der Waals surface area contributed by atoms with Crippen molar-refractivity contribution in [2.24, 2.45) is 0 Å². The number of thiophene rings is 1. The summed E-state index contributed by atoms with van der Waals surface area (Å²) in [6, 6.07) is 66.5. The zero-order valence-corrected chi connectivity index (χ0v) is 28.4. The van der Waals surface area contributed by atoms with Gasteiger partial charge in [0.1, 0.15) is 4.83 Å². The quantitative estimate of drug-likeness (QED) is 0.187. The lowest BCUT2D eigenvalue weighted by molar-refractivity contribution is 0.550. The molecule has 7 aromatic carbocycles. The second kappa shape index (κ2) is 10.7. The molecule has 3 aliphatic rings. The lowest BCUT2D eigenvalue weighted by Crippen LogP contribution is -2.52. The van der Waals surface area contributed by atoms with E-state index in [4.69, 9.17) is 9.97 Å². The molecule has 0 saturated carbocycles. The monoisotopic (exact) mass is 666 g/mol. The Morgan fingerprint density at radius 3 is 1.51 bits per heavy atom. The molecule has 2 bridgehead atoms. The predicted octanol–water partition coefficient (Wildman–Crippen LogP) is 11.6. The average Bonchev–Trinajstić information content (AvgIpc) is 3.60. The topological polar surface area (TPSA) is 25.8 Å². The van der Waals surface area contributed by atoms with Crippen LogP contribution in [-0.2, 0) is 10.8 Å². The maximum atomic E-state index is 5.81. The van der Waals surface area contributed by atoms with E-state index in [0.29, 0.717) is 0 Å². The Kier molecular flexibility index (Phi) is 5.99. The van der Waals surface area contributed by atoms with Gasteiger partial charge < -0.3 is 0 Å². The van der Waals surface area contributed by atoms with E-state index in [0.717, 1.165) is 32.9 Å². The van der Waals surface area contributed by atoms with E-state index >= 15 is 0 Å². The van der Waals surface area contributed by atoms with Crippen molar-refractivity contribution >= 4 is 31.6 Å². The number of nitrogens with zero attached hydrogens (tertiary/aromatic N) is 2. The Labute approximate surface area is 300 Å². The Balaban J connectivity index is 1.32. The molecule has 0 atom stereocenters. The largest absolute Gasteiger partial charge is 0.231 e. The van der Waals surface area contributed by atoms with Crippen LogP contribution in [0.1, 0.15) is 44.6 Å². The molecule has 51 heavy (non-hydrogen) atoms. The molecule has 0 radical (unpaired) electrons. The molecule has 0 amide bonds. The van der Waals surface area contributed by atoms with Gasteiger partial charge in [0.15, 0.2) is 5.82 Å². The highest BCUT2D eigenvalue weighted by atomic mass is 32.1. The fraction of sp³-hybridized carbons (Fsp3) is 0.0417. The van der Waals surface area contributed by atoms with E-state index in [9.17, 15) is 0 Å². The fourth-order valence-electron chi connectivity index (χ4n) is 9.31. The van der Waals surface area contributed by atoms with Crippen LogP contribution < -0.4 is 0 Å². The summed E-state index contributed by atoms with van der Waals surface area (Å²) in [6.07, 6.45) is 0. The first kappa shape index (κ1) is 28.7. The summed E-state index contributed by atoms with van der Waals surface area (Å²) < 4.78 is 1.22. The SMILES string of the molecule is c1ccc(-c2cccc(-c3nc(C45c6ccccc6C(c6ccccc6)(c6ccccc64)c4ccccc45)c4c(n3)sc3ccccc34)c2)cc1. The van der Waals surface area contributed by atoms with Gasteiger partial charge in [-0.05, 0) is 62.2 Å². The molecule has 12 rings (SSSR count). The lowest BCUT2D eigenvalue weighted by atomic mass is 9.44. The third-order valence-electron chi connectivity index (χ3n) is 11.2. The minimum absolute atomic E-state index is 0.470. The van der Waals surface area contributed by atoms with Gasteiger partial charge in [0.25, 0.3) is 0 Å². The molecule has 0 spiro atoms. The van der Waals surface area contributed by atoms with E-state index in [1.807, 2.05) is 0 Å². The molecular weight excluding hydrogens is 637 g/mol. The van der Waals surface area contributed by atoms with E-state index in [1.165, 1.54) is 54.6 Å². The molecule has 3 aliphatic carbocycles. The second-order valence-electron chi connectivity index (χ2n) is 13.6. The molecule has 2 nitrogen and oxygen atoms in total. The van der Waals surface area contributed by atoms with Gasteiger partial charge in [0.05, 0.1) is 16.5 Å². The Bertz CT molecular complexity index is 2700. The molecule has 0 fully saturated rings. The van der Waals surface area contributed by atoms with Crippen molar-refractivity contribution in [3.8, 4) is 22.5 Å². The highest BCUT2D eigenvalue weighted by Crippen LogP contribution is 2.66. The molecule has 238 valence electrons. The summed E-state index contributed by atoms with van der Waals surface area (Å²) in [5.74, 6) is 0.745. The van der Waals surface area contributed by atoms with Crippen molar-refractivity contribution < 1.29 is 0 Å². The number of rotatable bonds is 4. The van der Waals surface area contributed by atoms with Crippen LogP contribution in [0.4, 0.5) is 0 Å². The summed E-state index contributed by atoms with van der Waals surface area (Å²) in [4.78, 5) is 12.2. The van der Waals surface area contributed by atoms with Crippen molar-refractivity contribution in [3.05, 3.63) is 227 Å². The number of hydrogen-bond acceptors (Lipinski definition) is 3. The minimum Gasteiger partial charge on any atom is -0.231 e. The number of benzene rings is 7. The molecule has 0 unspecified atom stereocenters. The number of aromatic nitrogens is 2. The summed E-state index contributed by atoms with van der Waals surface area (Å²) in [5.41, 5.74) is 12.3. The molecule has 2 aromatic heterocycles. The van der Waals surface area contributed by atoms with Crippen LogP contribution in [0.2, 0.25) is 0 Å². The van der Waals surface area contributed by atoms with Crippen LogP contribution in [0.25, 0.3) is 42.8 Å². The Morgan fingerprint density at radius 1 is 0.392 bits per heavy atom. The van der Waals surface area contributed by atoms with Crippen molar-refractivity contribution in [2.75, 3.05) is 0 Å². The number of fused-ring (bicyclic) bond motifs is 3. The molecule has 0 aliphatic heterocycles. The van der Waals surface area contributed by atoms with Crippen LogP contribution in [-0.4, -0.2) is 9.97 Å². The zero-order valence-electron chi connectivity index (χ0n) is 27.6. The van der Waals surface area contributed by atoms with E-state index in [1.54, 1.807) is 11.3 Å². The van der Waals surface area contributed by atoms with Crippen LogP contribution in [0, 0.1) is 0 Å². The summed E-state index contributed by atoms with van der Waals surface area (Å²) in [6.45, 7) is 0. The molecule has 9 aromatic rings. The van der Waals surface area contributed by atoms with Gasteiger partial charge in [-0.15, -0.1) is 11.3 Å². The van der Waals surface area contributed by atoms with Gasteiger partial charge in [0.2, 0.25) is 0 Å². The number of hydrogen-bond donors (Lipinski definition) is 0. The standard InChI is InChI=1S/C48H30N2S/c1-3-16-31(17-4-1)32-18-15-19-33(30-32)45-49-44(43-35-22-7-14-29-42(35)51-46(43)50-45)48-39-26-11-8-23-36(39)47(34-20-5-2-6-21-34,37-24-9-12-27-40(37)48)38-25-10-13-28-41(38)48/h1-30H. The van der Waals surface area contributed by atoms with Crippen LogP contribution in [0.5, 0.6) is 0 Å². The van der Waals surface area contributed by atoms with Gasteiger partial charge in [-0.2, -0.15) is 0 Å². The van der Waals surface area contributed by atoms with Crippen molar-refractivity contribution in [1.82, 2.24) is 9.97 Å². The maximum Gasteiger partial charge on any atom is 0.161 e. The maximum absolute atomic E-state index is 5.81. The average molecular weight is 667 g/mol. The fourth-order valence-corrected chi connectivity index (χ4v) is 10.4.